The van der Waals surface area contributed by atoms with Gasteiger partial charge >= 0.3 is 0 Å². The number of carbonyl (C=O) groups excluding carboxylic acids is 1. The molecular weight excluding hydrogens is 278 g/mol. The van der Waals surface area contributed by atoms with Crippen LogP contribution < -0.4 is 0 Å². The number of H-pyrrole nitrogens is 1. The van der Waals surface area contributed by atoms with Gasteiger partial charge in [-0.25, -0.2) is 0 Å². The second kappa shape index (κ2) is 6.82. The molecule has 0 spiro atoms. The van der Waals surface area contributed by atoms with E-state index >= 15 is 0 Å². The van der Waals surface area contributed by atoms with E-state index in [0.29, 0.717) is 17.7 Å². The van der Waals surface area contributed by atoms with Crippen LogP contribution in [0, 0.1) is 11.8 Å². The fraction of sp³-hybridized carbons (Fsp3) is 0.765. The highest BCUT2D eigenvalue weighted by Gasteiger charge is 2.37. The molecule has 1 aromatic heterocycles. The number of nitrogens with one attached hydrogen (secondary N) is 1. The number of hydrogen-bond acceptors (Lipinski definition) is 3. The van der Waals surface area contributed by atoms with Crippen LogP contribution >= 0.6 is 0 Å². The summed E-state index contributed by atoms with van der Waals surface area (Å²) in [7, 11) is 0. The Hall–Kier alpha value is -1.36. The molecule has 2 aliphatic rings. The topological polar surface area (TPSA) is 58.2 Å². The summed E-state index contributed by atoms with van der Waals surface area (Å²) < 4.78 is 5.88. The van der Waals surface area contributed by atoms with Crippen molar-refractivity contribution in [3.8, 4) is 0 Å². The van der Waals surface area contributed by atoms with Crippen LogP contribution in [0.25, 0.3) is 0 Å². The number of likely N-dealkylation sites (tertiary alicyclic amines) is 1. The first-order chi connectivity index (χ1) is 10.7. The van der Waals surface area contributed by atoms with Crippen molar-refractivity contribution in [1.82, 2.24) is 15.1 Å². The summed E-state index contributed by atoms with van der Waals surface area (Å²) >= 11 is 0. The van der Waals surface area contributed by atoms with Crippen molar-refractivity contribution in [2.75, 3.05) is 19.7 Å². The number of ether oxygens (including phenoxy) is 1. The summed E-state index contributed by atoms with van der Waals surface area (Å²) in [6.07, 6.45) is 5.92. The molecule has 2 saturated heterocycles. The molecular formula is C17H27N3O2. The Kier molecular flexibility index (Phi) is 4.81. The summed E-state index contributed by atoms with van der Waals surface area (Å²) in [5.74, 6) is 1.27. The molecule has 1 amide bonds. The van der Waals surface area contributed by atoms with Crippen molar-refractivity contribution >= 4 is 5.91 Å². The molecule has 2 aliphatic heterocycles. The molecule has 0 saturated carbocycles. The second-order valence-corrected chi connectivity index (χ2v) is 6.94. The number of hydrogen-bond donors (Lipinski definition) is 1. The normalized spacial score (nSPS) is 27.3. The average Bonchev–Trinajstić information content (AvgIpc) is 3.09. The predicted octanol–water partition coefficient (Wildman–Crippen LogP) is 2.57. The Bertz CT molecular complexity index is 478. The Morgan fingerprint density at radius 1 is 1.36 bits per heavy atom. The van der Waals surface area contributed by atoms with Crippen LogP contribution in [0.5, 0.6) is 0 Å². The van der Waals surface area contributed by atoms with Gasteiger partial charge in [-0.05, 0) is 37.7 Å². The standard InChI is InChI=1S/C17H27N3O2/c1-12(2)16-14(4-3-11-22-16)17(21)20-9-6-13(7-10-20)15-5-8-18-19-15/h5,8,12-14,16H,3-4,6-7,9-11H2,1-2H3,(H,18,19)/t14-,16+/m0/s1. The average molecular weight is 305 g/mol. The third-order valence-corrected chi connectivity index (χ3v) is 5.11. The third-order valence-electron chi connectivity index (χ3n) is 5.11. The molecule has 5 heteroatoms. The van der Waals surface area contributed by atoms with Gasteiger partial charge in [0.15, 0.2) is 0 Å². The zero-order valence-corrected chi connectivity index (χ0v) is 13.6. The van der Waals surface area contributed by atoms with Gasteiger partial charge in [-0.3, -0.25) is 9.89 Å². The number of rotatable bonds is 3. The number of nitrogens with zero attached hydrogens (tertiary/aromatic N) is 2. The first-order valence-electron chi connectivity index (χ1n) is 8.56. The smallest absolute Gasteiger partial charge is 0.228 e. The highest BCUT2D eigenvalue weighted by molar-refractivity contribution is 5.79. The first kappa shape index (κ1) is 15.5. The fourth-order valence-corrected chi connectivity index (χ4v) is 3.86. The minimum absolute atomic E-state index is 0.0532. The summed E-state index contributed by atoms with van der Waals surface area (Å²) in [5, 5.41) is 7.10. The fourth-order valence-electron chi connectivity index (χ4n) is 3.86. The molecule has 0 radical (unpaired) electrons. The minimum Gasteiger partial charge on any atom is -0.377 e. The monoisotopic (exact) mass is 305 g/mol. The number of amides is 1. The van der Waals surface area contributed by atoms with Crippen molar-refractivity contribution in [3.63, 3.8) is 0 Å². The molecule has 22 heavy (non-hydrogen) atoms. The first-order valence-corrected chi connectivity index (χ1v) is 8.56. The Balaban J connectivity index is 1.59. The highest BCUT2D eigenvalue weighted by Crippen LogP contribution is 2.31. The van der Waals surface area contributed by atoms with E-state index in [1.807, 2.05) is 6.07 Å². The molecule has 5 nitrogen and oxygen atoms in total. The zero-order valence-electron chi connectivity index (χ0n) is 13.6. The van der Waals surface area contributed by atoms with Crippen LogP contribution in [0.15, 0.2) is 12.3 Å². The van der Waals surface area contributed by atoms with Crippen LogP contribution in [0.4, 0.5) is 0 Å². The van der Waals surface area contributed by atoms with E-state index < -0.39 is 0 Å². The van der Waals surface area contributed by atoms with Crippen LogP contribution in [0.3, 0.4) is 0 Å². The third kappa shape index (κ3) is 3.19. The minimum atomic E-state index is 0.0532. The summed E-state index contributed by atoms with van der Waals surface area (Å²) in [4.78, 5) is 14.9. The van der Waals surface area contributed by atoms with Gasteiger partial charge < -0.3 is 9.64 Å². The van der Waals surface area contributed by atoms with Crippen molar-refractivity contribution < 1.29 is 9.53 Å². The maximum Gasteiger partial charge on any atom is 0.228 e. The Morgan fingerprint density at radius 3 is 2.77 bits per heavy atom. The van der Waals surface area contributed by atoms with Crippen molar-refractivity contribution in [2.24, 2.45) is 11.8 Å². The SMILES string of the molecule is CC(C)[C@H]1OCCC[C@@H]1C(=O)N1CCC(c2ccn[nH]2)CC1. The van der Waals surface area contributed by atoms with Gasteiger partial charge in [-0.15, -0.1) is 0 Å². The molecule has 3 heterocycles. The predicted molar refractivity (Wildman–Crippen MR) is 84.4 cm³/mol. The lowest BCUT2D eigenvalue weighted by Crippen LogP contribution is -2.48. The number of piperidine rings is 1. The van der Waals surface area contributed by atoms with Crippen LogP contribution in [-0.2, 0) is 9.53 Å². The van der Waals surface area contributed by atoms with Gasteiger partial charge in [-0.2, -0.15) is 5.10 Å². The maximum atomic E-state index is 12.9. The zero-order chi connectivity index (χ0) is 15.5. The summed E-state index contributed by atoms with van der Waals surface area (Å²) in [6, 6.07) is 2.05. The lowest BCUT2D eigenvalue weighted by molar-refractivity contribution is -0.148. The molecule has 2 atom stereocenters. The lowest BCUT2D eigenvalue weighted by Gasteiger charge is -2.39. The van der Waals surface area contributed by atoms with E-state index in [1.165, 1.54) is 5.69 Å². The van der Waals surface area contributed by atoms with Crippen molar-refractivity contribution in [1.29, 1.82) is 0 Å². The van der Waals surface area contributed by atoms with E-state index in [4.69, 9.17) is 4.74 Å². The molecule has 1 aromatic rings. The van der Waals surface area contributed by atoms with E-state index in [0.717, 1.165) is 45.4 Å². The molecule has 3 rings (SSSR count). The van der Waals surface area contributed by atoms with Gasteiger partial charge in [0.05, 0.1) is 12.0 Å². The highest BCUT2D eigenvalue weighted by atomic mass is 16.5. The van der Waals surface area contributed by atoms with E-state index in [9.17, 15) is 4.79 Å². The van der Waals surface area contributed by atoms with Gasteiger partial charge in [0, 0.05) is 37.5 Å². The summed E-state index contributed by atoms with van der Waals surface area (Å²) in [5.41, 5.74) is 1.20. The number of aromatic amines is 1. The number of aromatic nitrogens is 2. The molecule has 0 unspecified atom stereocenters. The molecule has 122 valence electrons. The Labute approximate surface area is 132 Å². The quantitative estimate of drug-likeness (QED) is 0.933. The molecule has 1 N–H and O–H groups in total. The van der Waals surface area contributed by atoms with Crippen molar-refractivity contribution in [2.45, 2.75) is 51.6 Å². The lowest BCUT2D eigenvalue weighted by atomic mass is 9.85. The summed E-state index contributed by atoms with van der Waals surface area (Å²) in [6.45, 7) is 6.81. The van der Waals surface area contributed by atoms with Gasteiger partial charge in [0.25, 0.3) is 0 Å². The van der Waals surface area contributed by atoms with E-state index in [-0.39, 0.29) is 12.0 Å². The Morgan fingerprint density at radius 2 is 2.14 bits per heavy atom. The largest absolute Gasteiger partial charge is 0.377 e. The van der Waals surface area contributed by atoms with E-state index in [2.05, 4.69) is 28.9 Å². The molecule has 0 aromatic carbocycles. The van der Waals surface area contributed by atoms with Crippen LogP contribution in [0.2, 0.25) is 0 Å². The second-order valence-electron chi connectivity index (χ2n) is 6.94. The van der Waals surface area contributed by atoms with Gasteiger partial charge in [0.2, 0.25) is 5.91 Å². The van der Waals surface area contributed by atoms with Gasteiger partial charge in [-0.1, -0.05) is 13.8 Å². The number of carbonyl (C=O) groups is 1. The molecule has 2 fully saturated rings. The van der Waals surface area contributed by atoms with E-state index in [1.54, 1.807) is 6.20 Å². The van der Waals surface area contributed by atoms with Crippen molar-refractivity contribution in [3.05, 3.63) is 18.0 Å². The molecule has 0 bridgehead atoms. The molecule has 0 aliphatic carbocycles. The maximum absolute atomic E-state index is 12.9. The van der Waals surface area contributed by atoms with Crippen LogP contribution in [-0.4, -0.2) is 46.8 Å². The van der Waals surface area contributed by atoms with Gasteiger partial charge in [0.1, 0.15) is 0 Å². The van der Waals surface area contributed by atoms with Crippen LogP contribution in [0.1, 0.15) is 51.1 Å².